The van der Waals surface area contributed by atoms with E-state index in [1.54, 1.807) is 12.1 Å². The van der Waals surface area contributed by atoms with Gasteiger partial charge < -0.3 is 15.2 Å². The molecule has 8 heteroatoms. The summed E-state index contributed by atoms with van der Waals surface area (Å²) >= 11 is 9.62. The topological polar surface area (TPSA) is 85.9 Å². The van der Waals surface area contributed by atoms with E-state index in [2.05, 4.69) is 26.5 Å². The second-order valence-corrected chi connectivity index (χ2v) is 6.14. The van der Waals surface area contributed by atoms with Gasteiger partial charge in [-0.2, -0.15) is 5.10 Å². The van der Waals surface area contributed by atoms with Gasteiger partial charge in [-0.3, -0.25) is 0 Å². The van der Waals surface area contributed by atoms with E-state index in [1.807, 2.05) is 31.2 Å². The Labute approximate surface area is 159 Å². The summed E-state index contributed by atoms with van der Waals surface area (Å²) in [5, 5.41) is 4.37. The minimum absolute atomic E-state index is 0.301. The monoisotopic (exact) mass is 425 g/mol. The van der Waals surface area contributed by atoms with Crippen molar-refractivity contribution >= 4 is 39.8 Å². The summed E-state index contributed by atoms with van der Waals surface area (Å²) in [6.07, 6.45) is 1.45. The maximum absolute atomic E-state index is 10.7. The number of hydrazone groups is 1. The molecule has 0 unspecified atom stereocenters. The summed E-state index contributed by atoms with van der Waals surface area (Å²) in [4.78, 5) is 10.7. The van der Waals surface area contributed by atoms with E-state index in [9.17, 15) is 4.79 Å². The van der Waals surface area contributed by atoms with Gasteiger partial charge >= 0.3 is 6.03 Å². The van der Waals surface area contributed by atoms with Crippen LogP contribution in [-0.4, -0.2) is 18.9 Å². The second-order valence-electron chi connectivity index (χ2n) is 4.88. The smallest absolute Gasteiger partial charge is 0.332 e. The molecule has 0 radical (unpaired) electrons. The van der Waals surface area contributed by atoms with Crippen molar-refractivity contribution in [2.24, 2.45) is 10.8 Å². The number of amides is 2. The van der Waals surface area contributed by atoms with Crippen molar-refractivity contribution in [2.45, 2.75) is 13.5 Å². The van der Waals surface area contributed by atoms with Gasteiger partial charge in [0.2, 0.25) is 0 Å². The van der Waals surface area contributed by atoms with E-state index in [0.29, 0.717) is 39.8 Å². The van der Waals surface area contributed by atoms with Crippen molar-refractivity contribution in [3.05, 3.63) is 57.0 Å². The Hall–Kier alpha value is -2.25. The molecule has 0 spiro atoms. The summed E-state index contributed by atoms with van der Waals surface area (Å²) in [6, 6.07) is 10.3. The summed E-state index contributed by atoms with van der Waals surface area (Å²) in [6.45, 7) is 2.64. The van der Waals surface area contributed by atoms with Gasteiger partial charge in [0.15, 0.2) is 11.5 Å². The Morgan fingerprint density at radius 2 is 2.12 bits per heavy atom. The zero-order chi connectivity index (χ0) is 18.2. The normalized spacial score (nSPS) is 10.7. The van der Waals surface area contributed by atoms with Crippen molar-refractivity contribution in [1.82, 2.24) is 5.43 Å². The van der Waals surface area contributed by atoms with Gasteiger partial charge in [-0.05, 0) is 46.6 Å². The third-order valence-corrected chi connectivity index (χ3v) is 4.01. The van der Waals surface area contributed by atoms with E-state index >= 15 is 0 Å². The largest absolute Gasteiger partial charge is 0.490 e. The number of rotatable bonds is 7. The summed E-state index contributed by atoms with van der Waals surface area (Å²) in [7, 11) is 0. The van der Waals surface area contributed by atoms with Crippen LogP contribution in [0.4, 0.5) is 4.79 Å². The summed E-state index contributed by atoms with van der Waals surface area (Å²) in [5.41, 5.74) is 8.68. The highest BCUT2D eigenvalue weighted by atomic mass is 79.9. The lowest BCUT2D eigenvalue weighted by Gasteiger charge is -2.15. The highest BCUT2D eigenvalue weighted by molar-refractivity contribution is 9.10. The predicted molar refractivity (Wildman–Crippen MR) is 101 cm³/mol. The van der Waals surface area contributed by atoms with Crippen molar-refractivity contribution in [1.29, 1.82) is 0 Å². The number of carbonyl (C=O) groups is 1. The van der Waals surface area contributed by atoms with Crippen molar-refractivity contribution in [2.75, 3.05) is 6.61 Å². The Kier molecular flexibility index (Phi) is 7.09. The molecular weight excluding hydrogens is 410 g/mol. The number of halogens is 2. The van der Waals surface area contributed by atoms with Gasteiger partial charge in [0, 0.05) is 10.6 Å². The number of urea groups is 1. The first-order valence-corrected chi connectivity index (χ1v) is 8.59. The molecule has 0 saturated carbocycles. The number of nitrogens with two attached hydrogens (primary N) is 1. The highest BCUT2D eigenvalue weighted by Gasteiger charge is 2.13. The van der Waals surface area contributed by atoms with Crippen LogP contribution in [0.25, 0.3) is 0 Å². The molecule has 3 N–H and O–H groups in total. The number of carbonyl (C=O) groups excluding carboxylic acids is 1. The maximum atomic E-state index is 10.7. The van der Waals surface area contributed by atoms with Gasteiger partial charge in [-0.25, -0.2) is 10.2 Å². The van der Waals surface area contributed by atoms with Crippen LogP contribution in [0.5, 0.6) is 11.5 Å². The van der Waals surface area contributed by atoms with Crippen LogP contribution < -0.4 is 20.6 Å². The van der Waals surface area contributed by atoms with Crippen molar-refractivity contribution in [3.63, 3.8) is 0 Å². The number of hydrogen-bond acceptors (Lipinski definition) is 4. The van der Waals surface area contributed by atoms with Crippen molar-refractivity contribution in [3.8, 4) is 11.5 Å². The van der Waals surface area contributed by atoms with Crippen LogP contribution in [0.1, 0.15) is 18.1 Å². The lowest BCUT2D eigenvalue weighted by molar-refractivity contribution is 0.249. The molecule has 0 aliphatic carbocycles. The molecule has 0 aromatic heterocycles. The van der Waals surface area contributed by atoms with Gasteiger partial charge in [0.05, 0.1) is 17.3 Å². The first-order valence-electron chi connectivity index (χ1n) is 7.42. The molecule has 0 fully saturated rings. The second kappa shape index (κ2) is 9.29. The fourth-order valence-corrected chi connectivity index (χ4v) is 2.77. The minimum Gasteiger partial charge on any atom is -0.490 e. The summed E-state index contributed by atoms with van der Waals surface area (Å²) < 4.78 is 12.2. The highest BCUT2D eigenvalue weighted by Crippen LogP contribution is 2.37. The van der Waals surface area contributed by atoms with Gasteiger partial charge in [-0.1, -0.05) is 29.8 Å². The molecule has 2 rings (SSSR count). The Morgan fingerprint density at radius 3 is 2.80 bits per heavy atom. The van der Waals surface area contributed by atoms with Crippen LogP contribution >= 0.6 is 27.5 Å². The molecule has 25 heavy (non-hydrogen) atoms. The van der Waals surface area contributed by atoms with Gasteiger partial charge in [0.25, 0.3) is 0 Å². The maximum Gasteiger partial charge on any atom is 0.332 e. The summed E-state index contributed by atoms with van der Waals surface area (Å²) in [5.74, 6) is 1.10. The standard InChI is InChI=1S/C17H17BrClN3O3/c1-2-24-15-8-11(9-21-22-17(20)23)7-13(18)16(15)25-10-12-5-3-4-6-14(12)19/h3-9H,2,10H2,1H3,(H3,20,22,23)/b21-9+. The van der Waals surface area contributed by atoms with E-state index < -0.39 is 6.03 Å². The van der Waals surface area contributed by atoms with E-state index in [-0.39, 0.29) is 0 Å². The lowest BCUT2D eigenvalue weighted by Crippen LogP contribution is -2.24. The molecule has 132 valence electrons. The fourth-order valence-electron chi connectivity index (χ4n) is 2.00. The van der Waals surface area contributed by atoms with Crippen LogP contribution in [0.2, 0.25) is 5.02 Å². The number of ether oxygens (including phenoxy) is 2. The molecule has 0 atom stereocenters. The van der Waals surface area contributed by atoms with E-state index in [1.165, 1.54) is 6.21 Å². The molecule has 0 bridgehead atoms. The van der Waals surface area contributed by atoms with Crippen LogP contribution in [0.3, 0.4) is 0 Å². The number of benzene rings is 2. The molecule has 2 aromatic rings. The molecule has 2 aromatic carbocycles. The number of primary amides is 1. The van der Waals surface area contributed by atoms with Crippen LogP contribution in [0, 0.1) is 0 Å². The quantitative estimate of drug-likeness (QED) is 0.516. The number of nitrogens with zero attached hydrogens (tertiary/aromatic N) is 1. The zero-order valence-electron chi connectivity index (χ0n) is 13.5. The fraction of sp³-hybridized carbons (Fsp3) is 0.176. The average molecular weight is 427 g/mol. The van der Waals surface area contributed by atoms with Crippen LogP contribution in [0.15, 0.2) is 46.0 Å². The Bertz CT molecular complexity index is 784. The number of nitrogens with one attached hydrogen (secondary N) is 1. The molecule has 0 aliphatic rings. The molecule has 0 heterocycles. The van der Waals surface area contributed by atoms with E-state index in [0.717, 1.165) is 5.56 Å². The first kappa shape index (κ1) is 19.1. The third kappa shape index (κ3) is 5.65. The van der Waals surface area contributed by atoms with Crippen LogP contribution in [-0.2, 0) is 6.61 Å². The number of hydrogen-bond donors (Lipinski definition) is 2. The van der Waals surface area contributed by atoms with Crippen molar-refractivity contribution < 1.29 is 14.3 Å². The molecule has 6 nitrogen and oxygen atoms in total. The molecular formula is C17H17BrClN3O3. The lowest BCUT2D eigenvalue weighted by atomic mass is 10.2. The van der Waals surface area contributed by atoms with Gasteiger partial charge in [-0.15, -0.1) is 0 Å². The SMILES string of the molecule is CCOc1cc(/C=N/NC(N)=O)cc(Br)c1OCc1ccccc1Cl. The molecule has 0 saturated heterocycles. The Morgan fingerprint density at radius 1 is 1.36 bits per heavy atom. The predicted octanol–water partition coefficient (Wildman–Crippen LogP) is 4.08. The zero-order valence-corrected chi connectivity index (χ0v) is 15.8. The Balaban J connectivity index is 2.23. The minimum atomic E-state index is -0.736. The third-order valence-electron chi connectivity index (χ3n) is 3.05. The first-order chi connectivity index (χ1) is 12.0. The molecule has 0 aliphatic heterocycles. The molecule has 2 amide bonds. The average Bonchev–Trinajstić information content (AvgIpc) is 2.55. The van der Waals surface area contributed by atoms with Gasteiger partial charge in [0.1, 0.15) is 6.61 Å². The van der Waals surface area contributed by atoms with E-state index in [4.69, 9.17) is 26.8 Å².